The van der Waals surface area contributed by atoms with E-state index in [0.29, 0.717) is 5.92 Å². The summed E-state index contributed by atoms with van der Waals surface area (Å²) in [6.45, 7) is 0.832. The topological polar surface area (TPSA) is 55.1 Å². The number of hydrogen-bond acceptors (Lipinski definition) is 3. The van der Waals surface area contributed by atoms with E-state index < -0.39 is 5.54 Å². The second kappa shape index (κ2) is 7.61. The summed E-state index contributed by atoms with van der Waals surface area (Å²) in [5, 5.41) is 3.09. The molecule has 106 valence electrons. The van der Waals surface area contributed by atoms with Crippen molar-refractivity contribution in [3.05, 3.63) is 0 Å². The number of carbonyl (C=O) groups excluding carboxylic acids is 1. The highest BCUT2D eigenvalue weighted by molar-refractivity contribution is 7.99. The first kappa shape index (κ1) is 16.1. The van der Waals surface area contributed by atoms with Crippen molar-refractivity contribution in [1.29, 1.82) is 0 Å². The third-order valence-electron chi connectivity index (χ3n) is 4.09. The van der Waals surface area contributed by atoms with Gasteiger partial charge < -0.3 is 11.1 Å². The first-order valence-corrected chi connectivity index (χ1v) is 8.01. The molecule has 0 atom stereocenters. The number of nitrogens with two attached hydrogens (primary N) is 1. The van der Waals surface area contributed by atoms with E-state index in [9.17, 15) is 4.79 Å². The van der Waals surface area contributed by atoms with Crippen LogP contribution < -0.4 is 11.1 Å². The Morgan fingerprint density at radius 1 is 1.22 bits per heavy atom. The lowest BCUT2D eigenvalue weighted by atomic mass is 9.82. The molecule has 3 N–H and O–H groups in total. The highest BCUT2D eigenvalue weighted by Crippen LogP contribution is 2.26. The summed E-state index contributed by atoms with van der Waals surface area (Å²) in [4.78, 5) is 12.1. The van der Waals surface area contributed by atoms with Crippen molar-refractivity contribution in [2.45, 2.75) is 50.5 Å². The van der Waals surface area contributed by atoms with Crippen LogP contribution in [0.25, 0.3) is 0 Å². The second-order valence-electron chi connectivity index (χ2n) is 5.48. The highest BCUT2D eigenvalue weighted by Gasteiger charge is 2.35. The van der Waals surface area contributed by atoms with Crippen LogP contribution in [-0.2, 0) is 4.79 Å². The fraction of sp³-hybridized carbons (Fsp3) is 0.923. The summed E-state index contributed by atoms with van der Waals surface area (Å²) in [5.74, 6) is 3.26. The lowest BCUT2D eigenvalue weighted by Crippen LogP contribution is -2.55. The number of thioether (sulfide) groups is 1. The third-order valence-corrected chi connectivity index (χ3v) is 5.14. The van der Waals surface area contributed by atoms with Gasteiger partial charge in [-0.3, -0.25) is 4.79 Å². The minimum absolute atomic E-state index is 0. The fourth-order valence-electron chi connectivity index (χ4n) is 2.77. The maximum Gasteiger partial charge on any atom is 0.240 e. The van der Waals surface area contributed by atoms with Crippen molar-refractivity contribution in [2.24, 2.45) is 11.7 Å². The van der Waals surface area contributed by atoms with Gasteiger partial charge in [-0.2, -0.15) is 11.8 Å². The summed E-state index contributed by atoms with van der Waals surface area (Å²) in [6, 6.07) is 0. The minimum atomic E-state index is -0.568. The molecule has 2 rings (SSSR count). The van der Waals surface area contributed by atoms with E-state index in [4.69, 9.17) is 5.73 Å². The van der Waals surface area contributed by atoms with E-state index >= 15 is 0 Å². The number of nitrogens with one attached hydrogen (secondary N) is 1. The molecule has 0 bridgehead atoms. The van der Waals surface area contributed by atoms with Crippen LogP contribution in [0, 0.1) is 5.92 Å². The minimum Gasteiger partial charge on any atom is -0.354 e. The molecule has 0 aromatic carbocycles. The Balaban J connectivity index is 0.00000162. The molecule has 1 saturated heterocycles. The van der Waals surface area contributed by atoms with Gasteiger partial charge in [-0.15, -0.1) is 12.4 Å². The van der Waals surface area contributed by atoms with Crippen LogP contribution in [0.3, 0.4) is 0 Å². The molecule has 5 heteroatoms. The zero-order valence-electron chi connectivity index (χ0n) is 11.0. The average molecular weight is 293 g/mol. The predicted molar refractivity (Wildman–Crippen MR) is 80.3 cm³/mol. The molecule has 18 heavy (non-hydrogen) atoms. The Kier molecular flexibility index (Phi) is 6.82. The molecule has 0 aromatic rings. The molecule has 1 amide bonds. The first-order chi connectivity index (χ1) is 8.21. The Morgan fingerprint density at radius 2 is 1.83 bits per heavy atom. The quantitative estimate of drug-likeness (QED) is 0.839. The average Bonchev–Trinajstić information content (AvgIpc) is 2.38. The summed E-state index contributed by atoms with van der Waals surface area (Å²) in [6.07, 6.45) is 7.63. The number of amides is 1. The Labute approximate surface area is 120 Å². The van der Waals surface area contributed by atoms with Gasteiger partial charge >= 0.3 is 0 Å². The summed E-state index contributed by atoms with van der Waals surface area (Å²) in [5.41, 5.74) is 5.63. The molecule has 2 aliphatic rings. The summed E-state index contributed by atoms with van der Waals surface area (Å²) in [7, 11) is 0. The molecular formula is C13H25ClN2OS. The first-order valence-electron chi connectivity index (χ1n) is 6.86. The van der Waals surface area contributed by atoms with Crippen molar-refractivity contribution in [3.8, 4) is 0 Å². The van der Waals surface area contributed by atoms with Gasteiger partial charge in [-0.25, -0.2) is 0 Å². The molecule has 0 spiro atoms. The Hall–Kier alpha value is 0.0700. The maximum atomic E-state index is 12.1. The van der Waals surface area contributed by atoms with Crippen molar-refractivity contribution in [3.63, 3.8) is 0 Å². The molecule has 1 saturated carbocycles. The summed E-state index contributed by atoms with van der Waals surface area (Å²) >= 11 is 2.02. The highest BCUT2D eigenvalue weighted by atomic mass is 35.5. The van der Waals surface area contributed by atoms with E-state index in [1.165, 1.54) is 30.8 Å². The van der Waals surface area contributed by atoms with Crippen molar-refractivity contribution in [1.82, 2.24) is 5.32 Å². The van der Waals surface area contributed by atoms with Crippen LogP contribution in [0.1, 0.15) is 44.9 Å². The van der Waals surface area contributed by atoms with Gasteiger partial charge in [0.15, 0.2) is 0 Å². The maximum absolute atomic E-state index is 12.1. The Morgan fingerprint density at radius 3 is 2.44 bits per heavy atom. The smallest absolute Gasteiger partial charge is 0.240 e. The van der Waals surface area contributed by atoms with Crippen molar-refractivity contribution < 1.29 is 4.79 Å². The molecule has 0 aromatic heterocycles. The van der Waals surface area contributed by atoms with Crippen LogP contribution in [-0.4, -0.2) is 29.5 Å². The van der Waals surface area contributed by atoms with Gasteiger partial charge in [-0.1, -0.05) is 19.3 Å². The number of hydrogen-bond donors (Lipinski definition) is 2. The molecule has 3 nitrogen and oxygen atoms in total. The molecule has 2 fully saturated rings. The van der Waals surface area contributed by atoms with E-state index in [2.05, 4.69) is 5.32 Å². The van der Waals surface area contributed by atoms with Gasteiger partial charge in [-0.05, 0) is 43.1 Å². The molecule has 1 aliphatic heterocycles. The van der Waals surface area contributed by atoms with E-state index in [0.717, 1.165) is 32.2 Å². The van der Waals surface area contributed by atoms with Crippen LogP contribution in [0.15, 0.2) is 0 Å². The lowest BCUT2D eigenvalue weighted by molar-refractivity contribution is -0.127. The normalized spacial score (nSPS) is 24.1. The van der Waals surface area contributed by atoms with Crippen molar-refractivity contribution in [2.75, 3.05) is 18.1 Å². The molecular weight excluding hydrogens is 268 g/mol. The fourth-order valence-corrected chi connectivity index (χ4v) is 3.98. The van der Waals surface area contributed by atoms with Gasteiger partial charge in [0.05, 0.1) is 5.54 Å². The van der Waals surface area contributed by atoms with Crippen LogP contribution in [0.5, 0.6) is 0 Å². The molecule has 0 unspecified atom stereocenters. The standard InChI is InChI=1S/C13H24N2OS.ClH/c14-13(6-2-1-3-7-13)12(16)15-10-11-4-8-17-9-5-11;/h11H,1-10,14H2,(H,15,16);1H. The van der Waals surface area contributed by atoms with Gasteiger partial charge in [0.25, 0.3) is 0 Å². The third kappa shape index (κ3) is 4.32. The number of carbonyl (C=O) groups is 1. The lowest BCUT2D eigenvalue weighted by Gasteiger charge is -2.32. The monoisotopic (exact) mass is 292 g/mol. The van der Waals surface area contributed by atoms with Crippen LogP contribution >= 0.6 is 24.2 Å². The largest absolute Gasteiger partial charge is 0.354 e. The number of rotatable bonds is 3. The zero-order valence-corrected chi connectivity index (χ0v) is 12.6. The molecule has 1 aliphatic carbocycles. The Bertz CT molecular complexity index is 264. The van der Waals surface area contributed by atoms with E-state index in [1.54, 1.807) is 0 Å². The van der Waals surface area contributed by atoms with E-state index in [1.807, 2.05) is 11.8 Å². The van der Waals surface area contributed by atoms with Gasteiger partial charge in [0.2, 0.25) is 5.91 Å². The van der Waals surface area contributed by atoms with Gasteiger partial charge in [0, 0.05) is 6.54 Å². The van der Waals surface area contributed by atoms with Crippen LogP contribution in [0.2, 0.25) is 0 Å². The second-order valence-corrected chi connectivity index (χ2v) is 6.71. The van der Waals surface area contributed by atoms with Crippen molar-refractivity contribution >= 4 is 30.1 Å². The molecule has 0 radical (unpaired) electrons. The zero-order chi connectivity index (χ0) is 12.1. The molecule has 1 heterocycles. The predicted octanol–water partition coefficient (Wildman–Crippen LogP) is 2.33. The van der Waals surface area contributed by atoms with Crippen LogP contribution in [0.4, 0.5) is 0 Å². The van der Waals surface area contributed by atoms with E-state index in [-0.39, 0.29) is 18.3 Å². The SMILES string of the molecule is Cl.NC1(C(=O)NCC2CCSCC2)CCCCC1. The number of halogens is 1. The van der Waals surface area contributed by atoms with Gasteiger partial charge in [0.1, 0.15) is 0 Å². The summed E-state index contributed by atoms with van der Waals surface area (Å²) < 4.78 is 0.